The molecule has 3 rings (SSSR count). The SMILES string of the molecule is CCOC(=O)c1cc(C)c2cc(OCc3ccccc3)cc(C(F)(F)F)c2n1. The van der Waals surface area contributed by atoms with Crippen molar-refractivity contribution in [3.8, 4) is 5.75 Å². The van der Waals surface area contributed by atoms with Crippen LogP contribution in [0.2, 0.25) is 0 Å². The summed E-state index contributed by atoms with van der Waals surface area (Å²) in [6.07, 6.45) is -4.66. The first-order valence-corrected chi connectivity index (χ1v) is 8.66. The molecule has 0 atom stereocenters. The Morgan fingerprint density at radius 1 is 1.11 bits per heavy atom. The van der Waals surface area contributed by atoms with E-state index in [0.29, 0.717) is 5.56 Å². The molecule has 0 amide bonds. The Balaban J connectivity index is 2.07. The highest BCUT2D eigenvalue weighted by Gasteiger charge is 2.35. The van der Waals surface area contributed by atoms with E-state index < -0.39 is 17.7 Å². The topological polar surface area (TPSA) is 48.4 Å². The van der Waals surface area contributed by atoms with Crippen LogP contribution in [0.15, 0.2) is 48.5 Å². The number of hydrogen-bond donors (Lipinski definition) is 0. The van der Waals surface area contributed by atoms with Crippen LogP contribution in [0.5, 0.6) is 5.75 Å². The molecule has 0 aliphatic rings. The highest BCUT2D eigenvalue weighted by molar-refractivity contribution is 5.94. The molecule has 7 heteroatoms. The van der Waals surface area contributed by atoms with Crippen molar-refractivity contribution in [2.24, 2.45) is 0 Å². The van der Waals surface area contributed by atoms with Crippen molar-refractivity contribution in [2.75, 3.05) is 6.61 Å². The number of ether oxygens (including phenoxy) is 2. The number of aromatic nitrogens is 1. The van der Waals surface area contributed by atoms with Crippen molar-refractivity contribution in [1.29, 1.82) is 0 Å². The molecule has 0 N–H and O–H groups in total. The Morgan fingerprint density at radius 3 is 2.46 bits per heavy atom. The second-order valence-electron chi connectivity index (χ2n) is 6.18. The Morgan fingerprint density at radius 2 is 1.82 bits per heavy atom. The number of pyridine rings is 1. The van der Waals surface area contributed by atoms with Gasteiger partial charge in [0.25, 0.3) is 0 Å². The molecule has 0 radical (unpaired) electrons. The summed E-state index contributed by atoms with van der Waals surface area (Å²) in [5.74, 6) is -0.678. The molecule has 146 valence electrons. The third kappa shape index (κ3) is 4.24. The maximum Gasteiger partial charge on any atom is 0.418 e. The van der Waals surface area contributed by atoms with Crippen LogP contribution in [0, 0.1) is 6.92 Å². The summed E-state index contributed by atoms with van der Waals surface area (Å²) in [5.41, 5.74) is -0.104. The number of carbonyl (C=O) groups excluding carboxylic acids is 1. The van der Waals surface area contributed by atoms with Gasteiger partial charge in [-0.15, -0.1) is 0 Å². The van der Waals surface area contributed by atoms with Gasteiger partial charge in [-0.2, -0.15) is 13.2 Å². The van der Waals surface area contributed by atoms with Crippen LogP contribution in [0.4, 0.5) is 13.2 Å². The lowest BCUT2D eigenvalue weighted by atomic mass is 10.0. The van der Waals surface area contributed by atoms with Gasteiger partial charge in [0, 0.05) is 5.39 Å². The van der Waals surface area contributed by atoms with E-state index in [1.54, 1.807) is 13.8 Å². The van der Waals surface area contributed by atoms with E-state index in [-0.39, 0.29) is 35.6 Å². The Bertz CT molecular complexity index is 1000. The predicted molar refractivity (Wildman–Crippen MR) is 98.2 cm³/mol. The third-order valence-corrected chi connectivity index (χ3v) is 4.13. The van der Waals surface area contributed by atoms with Crippen LogP contribution in [0.3, 0.4) is 0 Å². The van der Waals surface area contributed by atoms with Gasteiger partial charge in [-0.05, 0) is 43.2 Å². The summed E-state index contributed by atoms with van der Waals surface area (Å²) >= 11 is 0. The molecule has 0 bridgehead atoms. The zero-order valence-corrected chi connectivity index (χ0v) is 15.3. The van der Waals surface area contributed by atoms with Gasteiger partial charge in [0.05, 0.1) is 17.7 Å². The molecule has 0 unspecified atom stereocenters. The fourth-order valence-corrected chi connectivity index (χ4v) is 2.81. The molecule has 2 aromatic carbocycles. The molecular formula is C21H18F3NO3. The zero-order valence-electron chi connectivity index (χ0n) is 15.3. The average Bonchev–Trinajstić information content (AvgIpc) is 2.66. The minimum absolute atomic E-state index is 0.0810. The second kappa shape index (κ2) is 7.88. The first-order chi connectivity index (χ1) is 13.3. The number of halogens is 3. The van der Waals surface area contributed by atoms with Gasteiger partial charge >= 0.3 is 12.1 Å². The quantitative estimate of drug-likeness (QED) is 0.555. The van der Waals surface area contributed by atoms with E-state index in [1.165, 1.54) is 12.1 Å². The van der Waals surface area contributed by atoms with Crippen molar-refractivity contribution >= 4 is 16.9 Å². The first kappa shape index (κ1) is 19.7. The number of alkyl halides is 3. The summed E-state index contributed by atoms with van der Waals surface area (Å²) in [6, 6.07) is 13.0. The monoisotopic (exact) mass is 389 g/mol. The van der Waals surface area contributed by atoms with Gasteiger partial charge in [0.1, 0.15) is 18.1 Å². The molecule has 0 fully saturated rings. The minimum atomic E-state index is -4.66. The van der Waals surface area contributed by atoms with Gasteiger partial charge in [0.15, 0.2) is 0 Å². The number of fused-ring (bicyclic) bond motifs is 1. The number of aryl methyl sites for hydroxylation is 1. The van der Waals surface area contributed by atoms with Crippen LogP contribution in [0.1, 0.15) is 34.1 Å². The van der Waals surface area contributed by atoms with E-state index in [4.69, 9.17) is 9.47 Å². The Kier molecular flexibility index (Phi) is 5.53. The summed E-state index contributed by atoms with van der Waals surface area (Å²) in [6.45, 7) is 3.48. The predicted octanol–water partition coefficient (Wildman–Crippen LogP) is 5.32. The van der Waals surface area contributed by atoms with Crippen LogP contribution < -0.4 is 4.74 Å². The van der Waals surface area contributed by atoms with E-state index in [2.05, 4.69) is 4.98 Å². The lowest BCUT2D eigenvalue weighted by Crippen LogP contribution is -2.12. The molecule has 1 heterocycles. The summed E-state index contributed by atoms with van der Waals surface area (Å²) in [7, 11) is 0. The summed E-state index contributed by atoms with van der Waals surface area (Å²) in [5, 5.41) is 0.269. The van der Waals surface area contributed by atoms with Gasteiger partial charge in [-0.1, -0.05) is 30.3 Å². The minimum Gasteiger partial charge on any atom is -0.489 e. The Labute approximate surface area is 159 Å². The number of nitrogens with zero attached hydrogens (tertiary/aromatic N) is 1. The smallest absolute Gasteiger partial charge is 0.418 e. The number of carbonyl (C=O) groups is 1. The van der Waals surface area contributed by atoms with Crippen LogP contribution in [0.25, 0.3) is 10.9 Å². The van der Waals surface area contributed by atoms with E-state index >= 15 is 0 Å². The number of rotatable bonds is 5. The number of hydrogen-bond acceptors (Lipinski definition) is 4. The van der Waals surface area contributed by atoms with Crippen LogP contribution >= 0.6 is 0 Å². The van der Waals surface area contributed by atoms with Crippen molar-refractivity contribution < 1.29 is 27.4 Å². The first-order valence-electron chi connectivity index (χ1n) is 8.66. The molecule has 28 heavy (non-hydrogen) atoms. The van der Waals surface area contributed by atoms with Crippen LogP contribution in [-0.4, -0.2) is 17.6 Å². The van der Waals surface area contributed by atoms with E-state index in [9.17, 15) is 18.0 Å². The molecule has 3 aromatic rings. The van der Waals surface area contributed by atoms with Crippen LogP contribution in [-0.2, 0) is 17.5 Å². The molecule has 0 saturated carbocycles. The highest BCUT2D eigenvalue weighted by Crippen LogP contribution is 2.38. The average molecular weight is 389 g/mol. The summed E-state index contributed by atoms with van der Waals surface area (Å²) < 4.78 is 51.4. The van der Waals surface area contributed by atoms with Gasteiger partial charge in [-0.3, -0.25) is 0 Å². The molecule has 0 spiro atoms. The number of esters is 1. The second-order valence-corrected chi connectivity index (χ2v) is 6.18. The van der Waals surface area contributed by atoms with E-state index in [1.807, 2.05) is 30.3 Å². The molecule has 0 aliphatic carbocycles. The standard InChI is InChI=1S/C21H18F3NO3/c1-3-27-20(26)18-9-13(2)16-10-15(28-12-14-7-5-4-6-8-14)11-17(19(16)25-18)21(22,23)24/h4-11H,3,12H2,1-2H3. The van der Waals surface area contributed by atoms with E-state index in [0.717, 1.165) is 11.6 Å². The van der Waals surface area contributed by atoms with Crippen molar-refractivity contribution in [1.82, 2.24) is 4.98 Å². The fourth-order valence-electron chi connectivity index (χ4n) is 2.81. The van der Waals surface area contributed by atoms with Gasteiger partial charge < -0.3 is 9.47 Å². The molecule has 0 aliphatic heterocycles. The molecule has 1 aromatic heterocycles. The largest absolute Gasteiger partial charge is 0.489 e. The maximum absolute atomic E-state index is 13.7. The molecular weight excluding hydrogens is 371 g/mol. The normalized spacial score (nSPS) is 11.5. The van der Waals surface area contributed by atoms with Gasteiger partial charge in [-0.25, -0.2) is 9.78 Å². The fraction of sp³-hybridized carbons (Fsp3) is 0.238. The van der Waals surface area contributed by atoms with Crippen molar-refractivity contribution in [3.05, 3.63) is 70.9 Å². The van der Waals surface area contributed by atoms with Gasteiger partial charge in [0.2, 0.25) is 0 Å². The lowest BCUT2D eigenvalue weighted by Gasteiger charge is -2.15. The summed E-state index contributed by atoms with van der Waals surface area (Å²) in [4.78, 5) is 15.9. The third-order valence-electron chi connectivity index (χ3n) is 4.13. The van der Waals surface area contributed by atoms with Crippen molar-refractivity contribution in [2.45, 2.75) is 26.6 Å². The maximum atomic E-state index is 13.7. The molecule has 4 nitrogen and oxygen atoms in total. The zero-order chi connectivity index (χ0) is 20.3. The highest BCUT2D eigenvalue weighted by atomic mass is 19.4. The lowest BCUT2D eigenvalue weighted by molar-refractivity contribution is -0.136. The molecule has 0 saturated heterocycles. The van der Waals surface area contributed by atoms with Crippen molar-refractivity contribution in [3.63, 3.8) is 0 Å². The number of benzene rings is 2. The Hall–Kier alpha value is -3.09.